The fraction of sp³-hybridized carbons (Fsp3) is 0.312. The van der Waals surface area contributed by atoms with E-state index in [0.717, 1.165) is 18.4 Å². The van der Waals surface area contributed by atoms with Crippen LogP contribution in [-0.2, 0) is 9.84 Å². The van der Waals surface area contributed by atoms with Crippen LogP contribution in [0.4, 0.5) is 0 Å². The van der Waals surface area contributed by atoms with Gasteiger partial charge in [0.2, 0.25) is 0 Å². The molecule has 0 aliphatic heterocycles. The first-order valence-electron chi connectivity index (χ1n) is 6.36. The summed E-state index contributed by atoms with van der Waals surface area (Å²) in [7, 11) is -3.31. The number of benzene rings is 1. The van der Waals surface area contributed by atoms with Gasteiger partial charge in [0.1, 0.15) is 5.75 Å². The molecule has 0 aromatic heterocycles. The molecule has 0 N–H and O–H groups in total. The molecule has 2 nitrogen and oxygen atoms in total. The normalized spacial score (nSPS) is 12.3. The first kappa shape index (κ1) is 15.7. The Morgan fingerprint density at radius 1 is 1.11 bits per heavy atom. The van der Waals surface area contributed by atoms with Crippen molar-refractivity contribution in [2.75, 3.05) is 0 Å². The van der Waals surface area contributed by atoms with E-state index in [1.807, 2.05) is 6.92 Å². The largest absolute Gasteiger partial charge is 0.223 e. The lowest BCUT2D eigenvalue weighted by molar-refractivity contribution is 0.602. The Labute approximate surface area is 116 Å². The number of hydrogen-bond donors (Lipinski definition) is 0. The van der Waals surface area contributed by atoms with Gasteiger partial charge < -0.3 is 0 Å². The lowest BCUT2D eigenvalue weighted by atomic mass is 10.1. The summed E-state index contributed by atoms with van der Waals surface area (Å²) in [6, 6.07) is 8.48. The molecule has 0 amide bonds. The molecular formula is C16H21O2S. The highest BCUT2D eigenvalue weighted by atomic mass is 32.2. The molecule has 0 unspecified atom stereocenters. The maximum Gasteiger partial charge on any atom is 0.186 e. The third-order valence-corrected chi connectivity index (χ3v) is 4.12. The fourth-order valence-corrected chi connectivity index (χ4v) is 2.67. The molecule has 1 aromatic rings. The van der Waals surface area contributed by atoms with Gasteiger partial charge in [-0.3, -0.25) is 0 Å². The summed E-state index contributed by atoms with van der Waals surface area (Å²) in [5, 5.41) is 0. The first-order valence-corrected chi connectivity index (χ1v) is 7.90. The average molecular weight is 277 g/mol. The number of allylic oxidation sites excluding steroid dienone is 3. The van der Waals surface area contributed by atoms with Crippen molar-refractivity contribution in [1.82, 2.24) is 0 Å². The minimum Gasteiger partial charge on any atom is -0.223 e. The van der Waals surface area contributed by atoms with Gasteiger partial charge in [-0.1, -0.05) is 41.5 Å². The van der Waals surface area contributed by atoms with Crippen LogP contribution >= 0.6 is 0 Å². The smallest absolute Gasteiger partial charge is 0.186 e. The Kier molecular flexibility index (Phi) is 6.03. The maximum atomic E-state index is 12.0. The maximum absolute atomic E-state index is 12.0. The molecule has 0 bridgehead atoms. The molecule has 0 fully saturated rings. The minimum absolute atomic E-state index is 0.336. The number of sulfone groups is 1. The Hall–Kier alpha value is -1.35. The molecule has 103 valence electrons. The lowest BCUT2D eigenvalue weighted by Gasteiger charge is -2.02. The fourth-order valence-electron chi connectivity index (χ4n) is 1.57. The van der Waals surface area contributed by atoms with Crippen molar-refractivity contribution >= 4 is 9.84 Å². The predicted molar refractivity (Wildman–Crippen MR) is 80.3 cm³/mol. The molecule has 1 rings (SSSR count). The highest BCUT2D eigenvalue weighted by Gasteiger charge is 2.12. The van der Waals surface area contributed by atoms with Crippen molar-refractivity contribution in [2.24, 2.45) is 0 Å². The number of rotatable bonds is 6. The van der Waals surface area contributed by atoms with E-state index in [4.69, 9.17) is 0 Å². The third kappa shape index (κ3) is 5.88. The Balaban J connectivity index is 2.62. The van der Waals surface area contributed by atoms with Crippen LogP contribution in [0.3, 0.4) is 0 Å². The van der Waals surface area contributed by atoms with Crippen LogP contribution in [0.15, 0.2) is 58.5 Å². The summed E-state index contributed by atoms with van der Waals surface area (Å²) in [5.41, 5.74) is 2.35. The molecule has 19 heavy (non-hydrogen) atoms. The second-order valence-electron chi connectivity index (χ2n) is 4.83. The predicted octanol–water partition coefficient (Wildman–Crippen LogP) is 4.31. The van der Waals surface area contributed by atoms with Crippen molar-refractivity contribution in [1.29, 1.82) is 0 Å². The van der Waals surface area contributed by atoms with E-state index in [-0.39, 0.29) is 0 Å². The summed E-state index contributed by atoms with van der Waals surface area (Å²) in [4.78, 5) is 0.336. The second-order valence-corrected chi connectivity index (χ2v) is 6.66. The van der Waals surface area contributed by atoms with Crippen LogP contribution in [0.25, 0.3) is 0 Å². The third-order valence-electron chi connectivity index (χ3n) is 2.69. The van der Waals surface area contributed by atoms with Gasteiger partial charge in [-0.2, -0.15) is 0 Å². The zero-order valence-electron chi connectivity index (χ0n) is 11.8. The standard InChI is InChI=1S/C16H21O2S/c1-14(2)8-7-9-15(3)12-13-19(17,18)16-10-5-4-6-11-16/h4-6,8,10-13H,7,9H2,1-3H3/b15-12+. The van der Waals surface area contributed by atoms with E-state index in [1.54, 1.807) is 36.4 Å². The average Bonchev–Trinajstić information content (AvgIpc) is 2.37. The molecular weight excluding hydrogens is 256 g/mol. The van der Waals surface area contributed by atoms with Crippen LogP contribution in [0.2, 0.25) is 0 Å². The molecule has 1 aromatic carbocycles. The van der Waals surface area contributed by atoms with Gasteiger partial charge in [-0.25, -0.2) is 8.42 Å². The van der Waals surface area contributed by atoms with E-state index in [1.165, 1.54) is 11.3 Å². The summed E-state index contributed by atoms with van der Waals surface area (Å²) < 4.78 is 24.0. The summed E-state index contributed by atoms with van der Waals surface area (Å²) >= 11 is 0. The van der Waals surface area contributed by atoms with E-state index in [0.29, 0.717) is 4.90 Å². The first-order chi connectivity index (χ1) is 8.92. The monoisotopic (exact) mass is 277 g/mol. The van der Waals surface area contributed by atoms with Crippen LogP contribution in [0, 0.1) is 5.75 Å². The lowest BCUT2D eigenvalue weighted by Crippen LogP contribution is -1.99. The van der Waals surface area contributed by atoms with Gasteiger partial charge in [-0.15, -0.1) is 0 Å². The van der Waals surface area contributed by atoms with Crippen molar-refractivity contribution < 1.29 is 8.42 Å². The Morgan fingerprint density at radius 2 is 1.74 bits per heavy atom. The van der Waals surface area contributed by atoms with Gasteiger partial charge >= 0.3 is 0 Å². The van der Waals surface area contributed by atoms with Crippen LogP contribution < -0.4 is 0 Å². The molecule has 0 heterocycles. The second kappa shape index (κ2) is 7.29. The minimum atomic E-state index is -3.31. The van der Waals surface area contributed by atoms with Crippen molar-refractivity contribution in [3.8, 4) is 0 Å². The quantitative estimate of drug-likeness (QED) is 0.726. The Bertz CT molecular complexity index is 548. The highest BCUT2D eigenvalue weighted by Crippen LogP contribution is 2.15. The highest BCUT2D eigenvalue weighted by molar-refractivity contribution is 7.93. The van der Waals surface area contributed by atoms with Gasteiger partial charge in [0, 0.05) is 0 Å². The van der Waals surface area contributed by atoms with Crippen LogP contribution in [-0.4, -0.2) is 8.42 Å². The van der Waals surface area contributed by atoms with Crippen molar-refractivity contribution in [3.05, 3.63) is 59.4 Å². The summed E-state index contributed by atoms with van der Waals surface area (Å²) in [6.45, 7) is 6.08. The molecule has 1 radical (unpaired) electrons. The van der Waals surface area contributed by atoms with E-state index in [2.05, 4.69) is 19.9 Å². The van der Waals surface area contributed by atoms with Crippen LogP contribution in [0.1, 0.15) is 33.6 Å². The topological polar surface area (TPSA) is 34.1 Å². The number of hydrogen-bond acceptors (Lipinski definition) is 2. The van der Waals surface area contributed by atoms with E-state index >= 15 is 0 Å². The molecule has 3 heteroatoms. The van der Waals surface area contributed by atoms with E-state index in [9.17, 15) is 8.42 Å². The molecule has 0 aliphatic carbocycles. The molecule has 0 atom stereocenters. The van der Waals surface area contributed by atoms with Crippen LogP contribution in [0.5, 0.6) is 0 Å². The van der Waals surface area contributed by atoms with Crippen molar-refractivity contribution in [2.45, 2.75) is 38.5 Å². The van der Waals surface area contributed by atoms with Crippen molar-refractivity contribution in [3.63, 3.8) is 0 Å². The van der Waals surface area contributed by atoms with Gasteiger partial charge in [0.15, 0.2) is 9.84 Å². The Morgan fingerprint density at radius 3 is 2.32 bits per heavy atom. The zero-order valence-corrected chi connectivity index (χ0v) is 12.6. The molecule has 0 saturated carbocycles. The molecule has 0 saturated heterocycles. The SMILES string of the molecule is CC(C)=CCC/C(C)=C/[CH]S(=O)(=O)c1ccccc1. The summed E-state index contributed by atoms with van der Waals surface area (Å²) in [5.74, 6) is 1.29. The summed E-state index contributed by atoms with van der Waals surface area (Å²) in [6.07, 6.45) is 5.68. The van der Waals surface area contributed by atoms with E-state index < -0.39 is 9.84 Å². The molecule has 0 spiro atoms. The van der Waals surface area contributed by atoms with Gasteiger partial charge in [-0.05, 0) is 45.7 Å². The van der Waals surface area contributed by atoms with Gasteiger partial charge in [0.25, 0.3) is 0 Å². The molecule has 0 aliphatic rings. The zero-order chi connectivity index (χ0) is 14.3. The van der Waals surface area contributed by atoms with Gasteiger partial charge in [0.05, 0.1) is 4.90 Å².